The van der Waals surface area contributed by atoms with Crippen molar-refractivity contribution in [1.82, 2.24) is 4.57 Å². The van der Waals surface area contributed by atoms with Gasteiger partial charge in [0.05, 0.1) is 28.1 Å². The molecule has 4 aliphatic heterocycles. The van der Waals surface area contributed by atoms with Crippen LogP contribution in [0.1, 0.15) is 0 Å². The fourth-order valence-electron chi connectivity index (χ4n) is 13.6. The number of hydrogen-bond acceptors (Lipinski definition) is 4. The number of anilines is 6. The molecule has 0 spiro atoms. The van der Waals surface area contributed by atoms with Crippen molar-refractivity contribution in [1.29, 1.82) is 0 Å². The lowest BCUT2D eigenvalue weighted by molar-refractivity contribution is 0.465. The fourth-order valence-corrected chi connectivity index (χ4v) is 13.6. The Balaban J connectivity index is 1.00. The van der Waals surface area contributed by atoms with Gasteiger partial charge in [-0.3, -0.25) is 0 Å². The summed E-state index contributed by atoms with van der Waals surface area (Å²) in [5.74, 6) is 3.32. The molecule has 79 heavy (non-hydrogen) atoms. The number of benzene rings is 12. The second-order valence-corrected chi connectivity index (χ2v) is 21.1. The summed E-state index contributed by atoms with van der Waals surface area (Å²) in [5.41, 5.74) is 23.7. The Morgan fingerprint density at radius 2 is 0.734 bits per heavy atom. The standard InChI is InChI=1S/C72H45B2N3O2/c1-4-22-46(23-5-1)49-40-69-72-70(41-49)79-68-45-64-57(44-58(68)74(72)56-33-15-21-39-67(56)78-69)73-55-32-14-20-38-63(55)76(59-34-16-10-28-51(59)47-24-6-2-7-25-47)65-42-50(75-61-36-18-12-30-53(61)54-31-13-19-37-62(54)75)43-66(71(65)73)77(64)60-35-17-11-29-52(60)48-26-8-3-9-27-48/h1-45H. The maximum Gasteiger partial charge on any atom is 0.260 e. The number of fused-ring (bicyclic) bond motifs is 11. The Bertz CT molecular complexity index is 4600. The monoisotopic (exact) mass is 1010 g/mol. The molecule has 0 saturated carbocycles. The summed E-state index contributed by atoms with van der Waals surface area (Å²) >= 11 is 0. The maximum atomic E-state index is 7.42. The third-order valence-electron chi connectivity index (χ3n) is 16.9. The molecule has 0 atom stereocenters. The lowest BCUT2D eigenvalue weighted by atomic mass is 9.31. The first-order valence-corrected chi connectivity index (χ1v) is 27.2. The van der Waals surface area contributed by atoms with Crippen LogP contribution in [0.4, 0.5) is 34.1 Å². The van der Waals surface area contributed by atoms with Gasteiger partial charge in [0.1, 0.15) is 23.0 Å². The van der Waals surface area contributed by atoms with E-state index in [1.807, 2.05) is 0 Å². The van der Waals surface area contributed by atoms with E-state index in [1.54, 1.807) is 0 Å². The zero-order chi connectivity index (χ0) is 51.7. The van der Waals surface area contributed by atoms with Crippen LogP contribution in [0.3, 0.4) is 0 Å². The van der Waals surface area contributed by atoms with E-state index in [0.717, 1.165) is 124 Å². The molecule has 5 heterocycles. The SMILES string of the molecule is c1ccc(-c2cc3c4c(c2)Oc2cc5c(cc2B4c2ccccc2O3)B2c3ccccc3N(c3ccccc3-c3ccccc3)c3cc(-n4c6ccccc6c6ccccc64)cc(c32)N5c2ccccc2-c2ccccc2)cc1. The van der Waals surface area contributed by atoms with Crippen LogP contribution in [-0.4, -0.2) is 18.0 Å². The van der Waals surface area contributed by atoms with E-state index in [-0.39, 0.29) is 13.4 Å². The molecule has 4 aliphatic rings. The van der Waals surface area contributed by atoms with Crippen molar-refractivity contribution in [3.63, 3.8) is 0 Å². The molecule has 0 N–H and O–H groups in total. The molecule has 0 radical (unpaired) electrons. The molecule has 0 bridgehead atoms. The van der Waals surface area contributed by atoms with Gasteiger partial charge in [-0.15, -0.1) is 0 Å². The van der Waals surface area contributed by atoms with Gasteiger partial charge < -0.3 is 23.8 Å². The Morgan fingerprint density at radius 1 is 0.266 bits per heavy atom. The van der Waals surface area contributed by atoms with Crippen molar-refractivity contribution in [2.45, 2.75) is 0 Å². The van der Waals surface area contributed by atoms with Crippen LogP contribution in [0.15, 0.2) is 273 Å². The zero-order valence-corrected chi connectivity index (χ0v) is 42.8. The summed E-state index contributed by atoms with van der Waals surface area (Å²) in [6, 6.07) is 99.6. The first kappa shape index (κ1) is 44.0. The Labute approximate surface area is 458 Å². The van der Waals surface area contributed by atoms with E-state index in [2.05, 4.69) is 287 Å². The highest BCUT2D eigenvalue weighted by Gasteiger charge is 2.48. The molecule has 0 unspecified atom stereocenters. The fraction of sp³-hybridized carbons (Fsp3) is 0. The summed E-state index contributed by atoms with van der Waals surface area (Å²) in [7, 11) is 0. The largest absolute Gasteiger partial charge is 0.458 e. The summed E-state index contributed by atoms with van der Waals surface area (Å²) < 4.78 is 16.8. The molecule has 366 valence electrons. The van der Waals surface area contributed by atoms with Gasteiger partial charge in [0.15, 0.2) is 0 Å². The van der Waals surface area contributed by atoms with Crippen LogP contribution in [0.25, 0.3) is 60.9 Å². The van der Waals surface area contributed by atoms with Gasteiger partial charge in [-0.2, -0.15) is 0 Å². The average Bonchev–Trinajstić information content (AvgIpc) is 3.66. The van der Waals surface area contributed by atoms with Crippen LogP contribution >= 0.6 is 0 Å². The minimum Gasteiger partial charge on any atom is -0.458 e. The Hall–Kier alpha value is -10.2. The highest BCUT2D eigenvalue weighted by molar-refractivity contribution is 7.02. The molecule has 13 aromatic rings. The number of rotatable bonds is 6. The molecule has 0 aliphatic carbocycles. The molecular weight excluding hydrogens is 960 g/mol. The second kappa shape index (κ2) is 17.1. The molecule has 17 rings (SSSR count). The summed E-state index contributed by atoms with van der Waals surface area (Å²) in [6.45, 7) is -0.323. The number of hydrogen-bond donors (Lipinski definition) is 0. The van der Waals surface area contributed by atoms with Gasteiger partial charge in [-0.1, -0.05) is 206 Å². The van der Waals surface area contributed by atoms with E-state index in [4.69, 9.17) is 9.47 Å². The van der Waals surface area contributed by atoms with Crippen molar-refractivity contribution in [3.05, 3.63) is 273 Å². The summed E-state index contributed by atoms with van der Waals surface area (Å²) in [4.78, 5) is 5.11. The first-order chi connectivity index (χ1) is 39.2. The molecule has 12 aromatic carbocycles. The summed E-state index contributed by atoms with van der Waals surface area (Å²) in [6.07, 6.45) is 0. The van der Waals surface area contributed by atoms with Crippen LogP contribution in [0, 0.1) is 0 Å². The van der Waals surface area contributed by atoms with Crippen LogP contribution < -0.4 is 52.1 Å². The van der Waals surface area contributed by atoms with Gasteiger partial charge in [-0.25, -0.2) is 0 Å². The van der Waals surface area contributed by atoms with Gasteiger partial charge in [0, 0.05) is 56.2 Å². The molecule has 1 aromatic heterocycles. The van der Waals surface area contributed by atoms with Crippen LogP contribution in [0.5, 0.6) is 23.0 Å². The quantitative estimate of drug-likeness (QED) is 0.155. The van der Waals surface area contributed by atoms with Crippen molar-refractivity contribution < 1.29 is 9.47 Å². The molecule has 0 fully saturated rings. The number of nitrogens with zero attached hydrogens (tertiary/aromatic N) is 3. The Kier molecular flexibility index (Phi) is 9.54. The number of para-hydroxylation sites is 6. The lowest BCUT2D eigenvalue weighted by Crippen LogP contribution is -2.64. The van der Waals surface area contributed by atoms with Gasteiger partial charge in [0.25, 0.3) is 13.4 Å². The normalized spacial score (nSPS) is 13.2. The minimum absolute atomic E-state index is 0.148. The number of aromatic nitrogens is 1. The molecular formula is C72H45B2N3O2. The van der Waals surface area contributed by atoms with Crippen molar-refractivity contribution in [2.75, 3.05) is 9.80 Å². The predicted octanol–water partition coefficient (Wildman–Crippen LogP) is 14.6. The third kappa shape index (κ3) is 6.54. The van der Waals surface area contributed by atoms with Crippen LogP contribution in [0.2, 0.25) is 0 Å². The smallest absolute Gasteiger partial charge is 0.260 e. The van der Waals surface area contributed by atoms with E-state index < -0.39 is 0 Å². The van der Waals surface area contributed by atoms with Crippen LogP contribution in [-0.2, 0) is 0 Å². The minimum atomic E-state index is -0.176. The molecule has 5 nitrogen and oxygen atoms in total. The number of ether oxygens (including phenoxy) is 2. The van der Waals surface area contributed by atoms with E-state index in [9.17, 15) is 0 Å². The highest BCUT2D eigenvalue weighted by atomic mass is 16.5. The van der Waals surface area contributed by atoms with Gasteiger partial charge >= 0.3 is 0 Å². The molecule has 7 heteroatoms. The zero-order valence-electron chi connectivity index (χ0n) is 42.8. The van der Waals surface area contributed by atoms with E-state index in [1.165, 1.54) is 27.2 Å². The predicted molar refractivity (Wildman–Crippen MR) is 329 cm³/mol. The van der Waals surface area contributed by atoms with Gasteiger partial charge in [0.2, 0.25) is 0 Å². The van der Waals surface area contributed by atoms with Crippen molar-refractivity contribution >= 4 is 102 Å². The average molecular weight is 1010 g/mol. The van der Waals surface area contributed by atoms with E-state index in [0.29, 0.717) is 0 Å². The lowest BCUT2D eigenvalue weighted by Gasteiger charge is -2.45. The second-order valence-electron chi connectivity index (χ2n) is 21.1. The third-order valence-corrected chi connectivity index (χ3v) is 16.9. The first-order valence-electron chi connectivity index (χ1n) is 27.2. The Morgan fingerprint density at radius 3 is 1.35 bits per heavy atom. The van der Waals surface area contributed by atoms with Gasteiger partial charge in [-0.05, 0) is 110 Å². The highest BCUT2D eigenvalue weighted by Crippen LogP contribution is 2.51. The molecule has 0 saturated heterocycles. The van der Waals surface area contributed by atoms with Crippen molar-refractivity contribution in [2.24, 2.45) is 0 Å². The van der Waals surface area contributed by atoms with Crippen molar-refractivity contribution in [3.8, 4) is 62.1 Å². The maximum absolute atomic E-state index is 7.42. The van der Waals surface area contributed by atoms with E-state index >= 15 is 0 Å². The summed E-state index contributed by atoms with van der Waals surface area (Å²) in [5, 5.41) is 2.43. The molecule has 0 amide bonds. The topological polar surface area (TPSA) is 29.9 Å².